The fourth-order valence-corrected chi connectivity index (χ4v) is 2.49. The highest BCUT2D eigenvalue weighted by molar-refractivity contribution is 5.91. The number of fused-ring (bicyclic) bond motifs is 1. The van der Waals surface area contributed by atoms with E-state index in [0.717, 1.165) is 11.6 Å². The first-order valence-electron chi connectivity index (χ1n) is 7.50. The lowest BCUT2D eigenvalue weighted by molar-refractivity contribution is 0.0588. The zero-order chi connectivity index (χ0) is 15.5. The highest BCUT2D eigenvalue weighted by atomic mass is 16.5. The van der Waals surface area contributed by atoms with Gasteiger partial charge >= 0.3 is 0 Å². The number of carbonyl (C=O) groups excluding carboxylic acids is 1. The number of amides is 1. The summed E-state index contributed by atoms with van der Waals surface area (Å²) in [5.74, 6) is 2.01. The molecule has 118 valence electrons. The molecular formula is C15H20N4O3. The average molecular weight is 304 g/mol. The van der Waals surface area contributed by atoms with Gasteiger partial charge < -0.3 is 18.6 Å². The van der Waals surface area contributed by atoms with Gasteiger partial charge in [0.05, 0.1) is 12.4 Å². The molecule has 0 radical (unpaired) electrons. The van der Waals surface area contributed by atoms with Crippen molar-refractivity contribution in [2.24, 2.45) is 0 Å². The molecule has 0 fully saturated rings. The van der Waals surface area contributed by atoms with Gasteiger partial charge in [-0.05, 0) is 26.0 Å². The summed E-state index contributed by atoms with van der Waals surface area (Å²) in [6, 6.07) is 3.41. The van der Waals surface area contributed by atoms with Crippen molar-refractivity contribution >= 4 is 5.91 Å². The van der Waals surface area contributed by atoms with Gasteiger partial charge in [-0.25, -0.2) is 0 Å². The van der Waals surface area contributed by atoms with Gasteiger partial charge in [0.25, 0.3) is 5.91 Å². The Hall–Kier alpha value is -2.15. The number of ether oxygens (including phenoxy) is 1. The van der Waals surface area contributed by atoms with Crippen LogP contribution >= 0.6 is 0 Å². The van der Waals surface area contributed by atoms with E-state index in [1.165, 1.54) is 6.26 Å². The van der Waals surface area contributed by atoms with E-state index in [1.54, 1.807) is 17.0 Å². The van der Waals surface area contributed by atoms with E-state index in [2.05, 4.69) is 14.8 Å². The number of hydrogen-bond acceptors (Lipinski definition) is 5. The molecule has 1 aliphatic heterocycles. The van der Waals surface area contributed by atoms with Crippen LogP contribution in [0.15, 0.2) is 22.8 Å². The number of nitrogens with zero attached hydrogens (tertiary/aromatic N) is 4. The third-order valence-corrected chi connectivity index (χ3v) is 3.67. The molecule has 0 spiro atoms. The Morgan fingerprint density at radius 1 is 1.36 bits per heavy atom. The molecule has 7 heteroatoms. The standard InChI is InChI=1S/C15H20N4O3/c1-11(2)22-10-14-17-16-13-5-6-18(7-8-19(13)14)15(20)12-4-3-9-21-12/h3-4,9,11H,5-8,10H2,1-2H3. The first kappa shape index (κ1) is 14.8. The van der Waals surface area contributed by atoms with Gasteiger partial charge in [0, 0.05) is 26.1 Å². The molecule has 2 aromatic heterocycles. The minimum Gasteiger partial charge on any atom is -0.459 e. The summed E-state index contributed by atoms with van der Waals surface area (Å²) in [5.41, 5.74) is 0. The lowest BCUT2D eigenvalue weighted by Gasteiger charge is -2.18. The number of carbonyl (C=O) groups is 1. The Kier molecular flexibility index (Phi) is 4.24. The number of hydrogen-bond donors (Lipinski definition) is 0. The fraction of sp³-hybridized carbons (Fsp3) is 0.533. The van der Waals surface area contributed by atoms with Crippen LogP contribution in [-0.2, 0) is 24.3 Å². The van der Waals surface area contributed by atoms with Crippen molar-refractivity contribution in [1.82, 2.24) is 19.7 Å². The Bertz CT molecular complexity index is 633. The van der Waals surface area contributed by atoms with Crippen LogP contribution in [0.25, 0.3) is 0 Å². The summed E-state index contributed by atoms with van der Waals surface area (Å²) in [7, 11) is 0. The lowest BCUT2D eigenvalue weighted by atomic mass is 10.3. The van der Waals surface area contributed by atoms with Crippen molar-refractivity contribution in [3.05, 3.63) is 35.8 Å². The molecular weight excluding hydrogens is 284 g/mol. The van der Waals surface area contributed by atoms with Crippen LogP contribution in [0.2, 0.25) is 0 Å². The Balaban J connectivity index is 1.69. The molecule has 0 saturated carbocycles. The van der Waals surface area contributed by atoms with Gasteiger partial charge in [0.2, 0.25) is 0 Å². The van der Waals surface area contributed by atoms with E-state index in [1.807, 2.05) is 13.8 Å². The molecule has 22 heavy (non-hydrogen) atoms. The third-order valence-electron chi connectivity index (χ3n) is 3.67. The zero-order valence-corrected chi connectivity index (χ0v) is 12.9. The Morgan fingerprint density at radius 3 is 2.95 bits per heavy atom. The van der Waals surface area contributed by atoms with Crippen molar-refractivity contribution < 1.29 is 13.9 Å². The van der Waals surface area contributed by atoms with Crippen LogP contribution in [-0.4, -0.2) is 44.8 Å². The predicted octanol–water partition coefficient (Wildman–Crippen LogP) is 1.49. The number of rotatable bonds is 4. The summed E-state index contributed by atoms with van der Waals surface area (Å²) >= 11 is 0. The normalized spacial score (nSPS) is 15.0. The first-order chi connectivity index (χ1) is 10.6. The van der Waals surface area contributed by atoms with E-state index >= 15 is 0 Å². The highest BCUT2D eigenvalue weighted by Gasteiger charge is 2.23. The van der Waals surface area contributed by atoms with E-state index in [9.17, 15) is 4.79 Å². The second kappa shape index (κ2) is 6.31. The third kappa shape index (κ3) is 3.04. The molecule has 7 nitrogen and oxygen atoms in total. The minimum atomic E-state index is -0.0799. The maximum absolute atomic E-state index is 12.3. The minimum absolute atomic E-state index is 0.0799. The summed E-state index contributed by atoms with van der Waals surface area (Å²) in [6.45, 7) is 6.32. The van der Waals surface area contributed by atoms with Gasteiger partial charge in [-0.2, -0.15) is 0 Å². The van der Waals surface area contributed by atoms with Crippen LogP contribution in [0.1, 0.15) is 36.1 Å². The molecule has 1 amide bonds. The van der Waals surface area contributed by atoms with E-state index in [0.29, 0.717) is 38.4 Å². The van der Waals surface area contributed by atoms with Crippen LogP contribution in [0.4, 0.5) is 0 Å². The first-order valence-corrected chi connectivity index (χ1v) is 7.50. The van der Waals surface area contributed by atoms with Crippen LogP contribution in [0.5, 0.6) is 0 Å². The smallest absolute Gasteiger partial charge is 0.289 e. The number of aromatic nitrogens is 3. The SMILES string of the molecule is CC(C)OCc1nnc2n1CCN(C(=O)c1ccco1)CC2. The molecule has 3 rings (SSSR count). The summed E-state index contributed by atoms with van der Waals surface area (Å²) in [6.07, 6.45) is 2.35. The second-order valence-corrected chi connectivity index (χ2v) is 5.56. The molecule has 0 aromatic carbocycles. The quantitative estimate of drug-likeness (QED) is 0.855. The lowest BCUT2D eigenvalue weighted by Crippen LogP contribution is -2.33. The molecule has 0 N–H and O–H groups in total. The van der Waals surface area contributed by atoms with Gasteiger partial charge in [-0.1, -0.05) is 0 Å². The predicted molar refractivity (Wildman–Crippen MR) is 78.3 cm³/mol. The second-order valence-electron chi connectivity index (χ2n) is 5.56. The van der Waals surface area contributed by atoms with Gasteiger partial charge in [-0.3, -0.25) is 4.79 Å². The van der Waals surface area contributed by atoms with Crippen LogP contribution in [0, 0.1) is 0 Å². The largest absolute Gasteiger partial charge is 0.459 e. The van der Waals surface area contributed by atoms with Crippen LogP contribution < -0.4 is 0 Å². The Labute approximate surface area is 128 Å². The maximum atomic E-state index is 12.3. The molecule has 0 unspecified atom stereocenters. The molecule has 0 atom stereocenters. The van der Waals surface area contributed by atoms with Crippen molar-refractivity contribution in [1.29, 1.82) is 0 Å². The molecule has 0 saturated heterocycles. The zero-order valence-electron chi connectivity index (χ0n) is 12.9. The fourth-order valence-electron chi connectivity index (χ4n) is 2.49. The molecule has 0 bridgehead atoms. The van der Waals surface area contributed by atoms with E-state index < -0.39 is 0 Å². The summed E-state index contributed by atoms with van der Waals surface area (Å²) in [4.78, 5) is 14.1. The topological polar surface area (TPSA) is 73.4 Å². The summed E-state index contributed by atoms with van der Waals surface area (Å²) < 4.78 is 12.9. The Morgan fingerprint density at radius 2 is 2.23 bits per heavy atom. The van der Waals surface area contributed by atoms with Gasteiger partial charge in [0.1, 0.15) is 12.4 Å². The molecule has 3 heterocycles. The maximum Gasteiger partial charge on any atom is 0.289 e. The molecule has 0 aliphatic carbocycles. The average Bonchev–Trinajstić information content (AvgIpc) is 3.11. The van der Waals surface area contributed by atoms with Gasteiger partial charge in [0.15, 0.2) is 11.6 Å². The summed E-state index contributed by atoms with van der Waals surface area (Å²) in [5, 5.41) is 8.42. The van der Waals surface area contributed by atoms with Crippen molar-refractivity contribution in [3.63, 3.8) is 0 Å². The van der Waals surface area contributed by atoms with E-state index in [-0.39, 0.29) is 12.0 Å². The number of furan rings is 1. The van der Waals surface area contributed by atoms with Crippen molar-refractivity contribution in [2.75, 3.05) is 13.1 Å². The molecule has 1 aliphatic rings. The highest BCUT2D eigenvalue weighted by Crippen LogP contribution is 2.13. The molecule has 2 aromatic rings. The van der Waals surface area contributed by atoms with Crippen LogP contribution in [0.3, 0.4) is 0 Å². The van der Waals surface area contributed by atoms with Crippen molar-refractivity contribution in [2.45, 2.75) is 39.5 Å². The van der Waals surface area contributed by atoms with Gasteiger partial charge in [-0.15, -0.1) is 10.2 Å². The monoisotopic (exact) mass is 304 g/mol. The van der Waals surface area contributed by atoms with E-state index in [4.69, 9.17) is 9.15 Å². The van der Waals surface area contributed by atoms with Crippen molar-refractivity contribution in [3.8, 4) is 0 Å².